The van der Waals surface area contributed by atoms with Crippen LogP contribution in [0.1, 0.15) is 24.0 Å². The van der Waals surface area contributed by atoms with Gasteiger partial charge in [0.05, 0.1) is 12.7 Å². The smallest absolute Gasteiger partial charge is 0.0692 e. The van der Waals surface area contributed by atoms with Crippen LogP contribution in [-0.4, -0.2) is 22.9 Å². The third-order valence-corrected chi connectivity index (χ3v) is 3.05. The molecule has 0 saturated heterocycles. The quantitative estimate of drug-likeness (QED) is 0.672. The van der Waals surface area contributed by atoms with E-state index in [2.05, 4.69) is 5.32 Å². The Bertz CT molecular complexity index is 319. The van der Waals surface area contributed by atoms with Gasteiger partial charge in [0.2, 0.25) is 0 Å². The summed E-state index contributed by atoms with van der Waals surface area (Å²) < 4.78 is 0. The minimum Gasteiger partial charge on any atom is -0.392 e. The number of hydrogen-bond acceptors (Lipinski definition) is 3. The molecule has 0 spiro atoms. The van der Waals surface area contributed by atoms with Crippen LogP contribution in [0.15, 0.2) is 24.3 Å². The lowest BCUT2D eigenvalue weighted by molar-refractivity contribution is 0.148. The van der Waals surface area contributed by atoms with Crippen LogP contribution in [0.3, 0.4) is 0 Å². The number of nitrogens with one attached hydrogen (secondary N) is 1. The number of aliphatic hydroxyl groups excluding tert-OH is 2. The summed E-state index contributed by atoms with van der Waals surface area (Å²) in [5.41, 5.74) is 2.11. The molecule has 1 fully saturated rings. The molecule has 1 aromatic rings. The van der Waals surface area contributed by atoms with E-state index in [1.165, 1.54) is 18.4 Å². The molecule has 2 rings (SSSR count). The molecule has 3 heteroatoms. The number of hydrogen-bond donors (Lipinski definition) is 3. The molecule has 0 aromatic heterocycles. The predicted octanol–water partition coefficient (Wildman–Crippen LogP) is 1.04. The van der Waals surface area contributed by atoms with Crippen LogP contribution < -0.4 is 5.32 Å². The molecule has 0 heterocycles. The lowest BCUT2D eigenvalue weighted by Gasteiger charge is -2.10. The number of rotatable bonds is 6. The van der Waals surface area contributed by atoms with Crippen molar-refractivity contribution in [3.63, 3.8) is 0 Å². The fraction of sp³-hybridized carbons (Fsp3) is 0.538. The van der Waals surface area contributed by atoms with Gasteiger partial charge in [-0.1, -0.05) is 24.3 Å². The van der Waals surface area contributed by atoms with Gasteiger partial charge in [-0.15, -0.1) is 0 Å². The third-order valence-electron chi connectivity index (χ3n) is 3.05. The van der Waals surface area contributed by atoms with Gasteiger partial charge >= 0.3 is 0 Å². The van der Waals surface area contributed by atoms with Gasteiger partial charge in [0.15, 0.2) is 0 Å². The van der Waals surface area contributed by atoms with Crippen molar-refractivity contribution >= 4 is 0 Å². The fourth-order valence-corrected chi connectivity index (χ4v) is 1.77. The summed E-state index contributed by atoms with van der Waals surface area (Å²) >= 11 is 0. The molecule has 16 heavy (non-hydrogen) atoms. The Morgan fingerprint density at radius 2 is 1.81 bits per heavy atom. The number of aliphatic hydroxyl groups is 2. The monoisotopic (exact) mass is 221 g/mol. The highest BCUT2D eigenvalue weighted by Gasteiger charge is 2.28. The first kappa shape index (κ1) is 11.6. The summed E-state index contributed by atoms with van der Waals surface area (Å²) in [6.07, 6.45) is 2.17. The zero-order chi connectivity index (χ0) is 11.4. The summed E-state index contributed by atoms with van der Waals surface area (Å²) in [7, 11) is 0. The highest BCUT2D eigenvalue weighted by Crippen LogP contribution is 2.32. The fourth-order valence-electron chi connectivity index (χ4n) is 1.77. The van der Waals surface area contributed by atoms with Gasteiger partial charge in [0.25, 0.3) is 0 Å². The molecule has 0 amide bonds. The van der Waals surface area contributed by atoms with Gasteiger partial charge in [-0.25, -0.2) is 0 Å². The van der Waals surface area contributed by atoms with Crippen molar-refractivity contribution in [1.82, 2.24) is 5.32 Å². The van der Waals surface area contributed by atoms with Crippen molar-refractivity contribution in [1.29, 1.82) is 0 Å². The molecule has 3 N–H and O–H groups in total. The van der Waals surface area contributed by atoms with Crippen molar-refractivity contribution in [3.8, 4) is 0 Å². The maximum atomic E-state index is 9.65. The summed E-state index contributed by atoms with van der Waals surface area (Å²) in [6, 6.07) is 7.85. The molecular weight excluding hydrogens is 202 g/mol. The van der Waals surface area contributed by atoms with Gasteiger partial charge in [-0.05, 0) is 29.9 Å². The van der Waals surface area contributed by atoms with Crippen molar-refractivity contribution in [2.45, 2.75) is 32.1 Å². The first-order chi connectivity index (χ1) is 7.79. The van der Waals surface area contributed by atoms with Gasteiger partial charge in [0.1, 0.15) is 0 Å². The molecule has 0 bridgehead atoms. The van der Waals surface area contributed by atoms with Crippen LogP contribution >= 0.6 is 0 Å². The average Bonchev–Trinajstić information content (AvgIpc) is 3.14. The van der Waals surface area contributed by atoms with Gasteiger partial charge in [-0.3, -0.25) is 0 Å². The SMILES string of the molecule is OCc1ccc(CNCC(O)C2CC2)cc1. The molecule has 3 nitrogen and oxygen atoms in total. The standard InChI is InChI=1S/C13H19NO2/c15-9-11-3-1-10(2-4-11)7-14-8-13(16)12-5-6-12/h1-4,12-16H,5-9H2. The van der Waals surface area contributed by atoms with Crippen molar-refractivity contribution in [2.75, 3.05) is 6.54 Å². The van der Waals surface area contributed by atoms with E-state index in [0.717, 1.165) is 12.1 Å². The molecule has 0 radical (unpaired) electrons. The van der Waals surface area contributed by atoms with Crippen LogP contribution in [0.4, 0.5) is 0 Å². The maximum Gasteiger partial charge on any atom is 0.0692 e. The predicted molar refractivity (Wildman–Crippen MR) is 62.8 cm³/mol. The zero-order valence-corrected chi connectivity index (χ0v) is 9.39. The Labute approximate surface area is 96.1 Å². The molecule has 1 atom stereocenters. The molecule has 0 aliphatic heterocycles. The summed E-state index contributed by atoms with van der Waals surface area (Å²) in [5.74, 6) is 0.532. The molecule has 1 saturated carbocycles. The topological polar surface area (TPSA) is 52.5 Å². The summed E-state index contributed by atoms with van der Waals surface area (Å²) in [4.78, 5) is 0. The number of benzene rings is 1. The van der Waals surface area contributed by atoms with Gasteiger partial charge in [-0.2, -0.15) is 0 Å². The van der Waals surface area contributed by atoms with E-state index in [0.29, 0.717) is 12.5 Å². The lowest BCUT2D eigenvalue weighted by Crippen LogP contribution is -2.27. The molecule has 88 valence electrons. The van der Waals surface area contributed by atoms with Crippen LogP contribution in [0.25, 0.3) is 0 Å². The van der Waals surface area contributed by atoms with Crippen molar-refractivity contribution in [2.24, 2.45) is 5.92 Å². The van der Waals surface area contributed by atoms with E-state index in [1.807, 2.05) is 24.3 Å². The minimum absolute atomic E-state index is 0.0914. The molecule has 1 unspecified atom stereocenters. The lowest BCUT2D eigenvalue weighted by atomic mass is 10.1. The van der Waals surface area contributed by atoms with E-state index < -0.39 is 0 Å². The van der Waals surface area contributed by atoms with Crippen molar-refractivity contribution in [3.05, 3.63) is 35.4 Å². The van der Waals surface area contributed by atoms with Crippen LogP contribution in [0, 0.1) is 5.92 Å². The van der Waals surface area contributed by atoms with E-state index in [-0.39, 0.29) is 12.7 Å². The highest BCUT2D eigenvalue weighted by atomic mass is 16.3. The molecule has 1 aromatic carbocycles. The van der Waals surface area contributed by atoms with Crippen LogP contribution in [-0.2, 0) is 13.2 Å². The minimum atomic E-state index is -0.184. The summed E-state index contributed by atoms with van der Waals surface area (Å²) in [6.45, 7) is 1.54. The van der Waals surface area contributed by atoms with Crippen molar-refractivity contribution < 1.29 is 10.2 Å². The first-order valence-electron chi connectivity index (χ1n) is 5.87. The Hall–Kier alpha value is -0.900. The van der Waals surface area contributed by atoms with E-state index in [4.69, 9.17) is 5.11 Å². The first-order valence-corrected chi connectivity index (χ1v) is 5.87. The van der Waals surface area contributed by atoms with E-state index in [9.17, 15) is 5.11 Å². The van der Waals surface area contributed by atoms with E-state index in [1.54, 1.807) is 0 Å². The normalized spacial score (nSPS) is 17.4. The van der Waals surface area contributed by atoms with Crippen LogP contribution in [0.2, 0.25) is 0 Å². The third kappa shape index (κ3) is 3.30. The Morgan fingerprint density at radius 1 is 1.19 bits per heavy atom. The molecule has 1 aliphatic rings. The second-order valence-corrected chi connectivity index (χ2v) is 4.51. The van der Waals surface area contributed by atoms with E-state index >= 15 is 0 Å². The molecule has 1 aliphatic carbocycles. The van der Waals surface area contributed by atoms with Gasteiger partial charge in [0, 0.05) is 13.1 Å². The Balaban J connectivity index is 1.71. The average molecular weight is 221 g/mol. The second-order valence-electron chi connectivity index (χ2n) is 4.51. The van der Waals surface area contributed by atoms with Gasteiger partial charge < -0.3 is 15.5 Å². The zero-order valence-electron chi connectivity index (χ0n) is 9.39. The largest absolute Gasteiger partial charge is 0.392 e. The molecular formula is C13H19NO2. The summed E-state index contributed by atoms with van der Waals surface area (Å²) in [5, 5.41) is 21.8. The Morgan fingerprint density at radius 3 is 2.38 bits per heavy atom. The second kappa shape index (κ2) is 5.43. The maximum absolute atomic E-state index is 9.65. The van der Waals surface area contributed by atoms with Crippen LogP contribution in [0.5, 0.6) is 0 Å². The Kier molecular flexibility index (Phi) is 3.93. The highest BCUT2D eigenvalue weighted by molar-refractivity contribution is 5.21.